The number of anilines is 1. The van der Waals surface area contributed by atoms with Gasteiger partial charge in [0.25, 0.3) is 5.69 Å². The summed E-state index contributed by atoms with van der Waals surface area (Å²) in [6.45, 7) is 2.60. The van der Waals surface area contributed by atoms with Gasteiger partial charge in [0, 0.05) is 59.3 Å². The van der Waals surface area contributed by atoms with Gasteiger partial charge in [0.15, 0.2) is 17.9 Å². The maximum Gasteiger partial charge on any atom is 0.471 e. The number of hydrogen-bond donors (Lipinski definition) is 5. The van der Waals surface area contributed by atoms with Crippen molar-refractivity contribution in [2.24, 2.45) is 0 Å². The first-order valence-electron chi connectivity index (χ1n) is 19.0. The van der Waals surface area contributed by atoms with E-state index in [1.54, 1.807) is 35.6 Å². The van der Waals surface area contributed by atoms with E-state index >= 15 is 0 Å². The fraction of sp³-hybridized carbons (Fsp3) is 0.310. The first kappa shape index (κ1) is 43.2. The molecule has 4 aromatic carbocycles. The average molecular weight is 864 g/mol. The summed E-state index contributed by atoms with van der Waals surface area (Å²) in [7, 11) is 0. The lowest BCUT2D eigenvalue weighted by molar-refractivity contribution is -0.384. The smallest absolute Gasteiger partial charge is 0.471 e. The number of carbonyl (C=O) groups excluding carboxylic acids is 5. The van der Waals surface area contributed by atoms with Gasteiger partial charge in [-0.2, -0.15) is 13.2 Å². The van der Waals surface area contributed by atoms with E-state index in [2.05, 4.69) is 5.32 Å². The van der Waals surface area contributed by atoms with Crippen molar-refractivity contribution in [1.29, 1.82) is 0 Å². The molecule has 1 saturated heterocycles. The zero-order valence-electron chi connectivity index (χ0n) is 32.5. The molecule has 62 heavy (non-hydrogen) atoms. The summed E-state index contributed by atoms with van der Waals surface area (Å²) >= 11 is 0. The van der Waals surface area contributed by atoms with Gasteiger partial charge in [0.05, 0.1) is 39.9 Å². The van der Waals surface area contributed by atoms with Gasteiger partial charge in [-0.15, -0.1) is 0 Å². The van der Waals surface area contributed by atoms with E-state index in [0.717, 1.165) is 24.3 Å². The van der Waals surface area contributed by atoms with Crippen LogP contribution in [0.4, 0.5) is 29.3 Å². The van der Waals surface area contributed by atoms with Crippen molar-refractivity contribution in [3.8, 4) is 11.5 Å². The second-order valence-electron chi connectivity index (χ2n) is 14.9. The van der Waals surface area contributed by atoms with Gasteiger partial charge in [-0.25, -0.2) is 9.59 Å². The summed E-state index contributed by atoms with van der Waals surface area (Å²) < 4.78 is 64.2. The van der Waals surface area contributed by atoms with Gasteiger partial charge >= 0.3 is 24.1 Å². The molecule has 1 fully saturated rings. The topological polar surface area (TPSA) is 250 Å². The molecule has 4 aromatic rings. The molecule has 324 valence electrons. The lowest BCUT2D eigenvalue weighted by atomic mass is 9.71. The van der Waals surface area contributed by atoms with Crippen molar-refractivity contribution in [3.05, 3.63) is 128 Å². The summed E-state index contributed by atoms with van der Waals surface area (Å²) in [5.74, 6) is -6.83. The monoisotopic (exact) mass is 863 g/mol. The molecule has 1 unspecified atom stereocenters. The van der Waals surface area contributed by atoms with Crippen LogP contribution in [-0.2, 0) is 30.2 Å². The number of nitro groups is 1. The van der Waals surface area contributed by atoms with Gasteiger partial charge < -0.3 is 39.6 Å². The van der Waals surface area contributed by atoms with E-state index in [-0.39, 0.29) is 33.5 Å². The number of non-ortho nitro benzene ring substituents is 1. The molecule has 3 aliphatic rings. The Morgan fingerprint density at radius 1 is 0.935 bits per heavy atom. The maximum atomic E-state index is 13.9. The van der Waals surface area contributed by atoms with Gasteiger partial charge in [0.1, 0.15) is 29.3 Å². The molecule has 0 saturated carbocycles. The highest BCUT2D eigenvalue weighted by Crippen LogP contribution is 2.52. The van der Waals surface area contributed by atoms with Crippen molar-refractivity contribution in [2.45, 2.75) is 81.6 Å². The largest absolute Gasteiger partial charge is 0.507 e. The molecule has 5 N–H and O–H groups in total. The number of ether oxygens (including phenoxy) is 4. The number of para-hydroxylation sites is 1. The van der Waals surface area contributed by atoms with Gasteiger partial charge in [0.2, 0.25) is 0 Å². The van der Waals surface area contributed by atoms with Crippen LogP contribution in [0.2, 0.25) is 0 Å². The first-order valence-corrected chi connectivity index (χ1v) is 19.0. The molecule has 7 atom stereocenters. The molecular formula is C42H36F3N3O14. The molecule has 17 nitrogen and oxygen atoms in total. The molecule has 0 spiro atoms. The fourth-order valence-corrected chi connectivity index (χ4v) is 7.87. The van der Waals surface area contributed by atoms with Crippen molar-refractivity contribution in [2.75, 3.05) is 5.32 Å². The lowest BCUT2D eigenvalue weighted by Gasteiger charge is -2.45. The predicted octanol–water partition coefficient (Wildman–Crippen LogP) is 5.56. The molecule has 1 heterocycles. The number of alkyl halides is 3. The highest BCUT2D eigenvalue weighted by atomic mass is 19.4. The number of nitrogens with one attached hydrogen (secondary N) is 2. The number of ketones is 2. The number of aromatic hydroxyl groups is 2. The number of phenolic OH excluding ortho intramolecular Hbond substituents is 2. The fourth-order valence-electron chi connectivity index (χ4n) is 7.87. The third-order valence-corrected chi connectivity index (χ3v) is 11.0. The van der Waals surface area contributed by atoms with E-state index in [0.29, 0.717) is 5.69 Å². The van der Waals surface area contributed by atoms with Crippen LogP contribution in [0, 0.1) is 10.1 Å². The van der Waals surface area contributed by atoms with Crippen molar-refractivity contribution >= 4 is 40.9 Å². The Hall–Kier alpha value is -6.90. The second-order valence-corrected chi connectivity index (χ2v) is 14.9. The Labute approximate surface area is 348 Å². The molecule has 0 bridgehead atoms. The van der Waals surface area contributed by atoms with Crippen LogP contribution in [-0.4, -0.2) is 92.2 Å². The van der Waals surface area contributed by atoms with Crippen LogP contribution in [0.3, 0.4) is 0 Å². The zero-order chi connectivity index (χ0) is 44.8. The van der Waals surface area contributed by atoms with Crippen LogP contribution in [0.25, 0.3) is 0 Å². The minimum Gasteiger partial charge on any atom is -0.507 e. The van der Waals surface area contributed by atoms with E-state index in [9.17, 15) is 62.6 Å². The molecule has 0 radical (unpaired) electrons. The van der Waals surface area contributed by atoms with Crippen molar-refractivity contribution in [1.82, 2.24) is 5.32 Å². The quantitative estimate of drug-likeness (QED) is 0.0527. The van der Waals surface area contributed by atoms with E-state index in [4.69, 9.17) is 18.9 Å². The highest BCUT2D eigenvalue weighted by Gasteiger charge is 2.52. The van der Waals surface area contributed by atoms with Crippen molar-refractivity contribution < 1.29 is 76.3 Å². The lowest BCUT2D eigenvalue weighted by Crippen LogP contribution is -2.59. The number of nitro benzene ring substituents is 1. The normalized spacial score (nSPS) is 23.5. The summed E-state index contributed by atoms with van der Waals surface area (Å²) in [6, 6.07) is 16.2. The molecular weight excluding hydrogens is 827 g/mol. The summed E-state index contributed by atoms with van der Waals surface area (Å²) in [6.07, 6.45) is -16.0. The number of amides is 2. The number of halogens is 3. The van der Waals surface area contributed by atoms with Crippen LogP contribution in [0.1, 0.15) is 86.1 Å². The van der Waals surface area contributed by atoms with Gasteiger partial charge in [-0.1, -0.05) is 42.5 Å². The third-order valence-electron chi connectivity index (χ3n) is 11.0. The minimum absolute atomic E-state index is 0.0758. The Bertz CT molecular complexity index is 2480. The first-order chi connectivity index (χ1) is 29.3. The maximum absolute atomic E-state index is 13.9. The average Bonchev–Trinajstić information content (AvgIpc) is 3.22. The molecule has 20 heteroatoms. The summed E-state index contributed by atoms with van der Waals surface area (Å²) in [5, 5.41) is 51.3. The number of esters is 1. The van der Waals surface area contributed by atoms with E-state index in [1.165, 1.54) is 38.1 Å². The third kappa shape index (κ3) is 8.26. The van der Waals surface area contributed by atoms with Gasteiger partial charge in [-0.05, 0) is 38.1 Å². The molecule has 1 aliphatic heterocycles. The number of nitrogens with zero attached hydrogens (tertiary/aromatic N) is 1. The SMILES string of the molecule is C[C@H]1O[C@@H](O[C@H]2CC(O)([C@@H](C)OC(=O)Nc3ccccc3)Cc3c(O)c4c(c(O)c32)C(=O)c2ccccc2C4=O)C[C@H](NC(=O)C(F)(F)F)[C@H]1OC(=O)c1ccc([N+](=O)[O-])cc1. The van der Waals surface area contributed by atoms with Gasteiger partial charge in [-0.3, -0.25) is 29.8 Å². The molecule has 2 amide bonds. The number of aliphatic hydroxyl groups is 1. The number of fused-ring (bicyclic) bond motifs is 3. The minimum atomic E-state index is -5.41. The Morgan fingerprint density at radius 2 is 1.53 bits per heavy atom. The van der Waals surface area contributed by atoms with E-state index < -0.39 is 125 Å². The standard InChI is InChI=1S/C42H36F3N3O14/c1-19-37(62-38(53)21-12-14-23(15-13-21)48(57)58)27(47-39(54)42(43,44)45)16-29(59-19)61-28-18-41(56,20(2)60-40(55)46-22-8-4-3-5-9-22)17-26-30(28)36(52)32-31(35(26)51)33(49)24-10-6-7-11-25(24)34(32)50/h3-15,19-20,27-29,37,51-52,56H,16-18H2,1-2H3,(H,46,55)(H,47,54)/t19-,20-,27+,28+,29+,37+,41?/m1/s1. The van der Waals surface area contributed by atoms with Crippen LogP contribution in [0.15, 0.2) is 78.9 Å². The number of hydrogen-bond acceptors (Lipinski definition) is 14. The number of rotatable bonds is 9. The van der Waals surface area contributed by atoms with Crippen molar-refractivity contribution in [3.63, 3.8) is 0 Å². The van der Waals surface area contributed by atoms with Crippen LogP contribution >= 0.6 is 0 Å². The van der Waals surface area contributed by atoms with Crippen LogP contribution < -0.4 is 10.6 Å². The number of carbonyl (C=O) groups is 5. The number of benzene rings is 4. The Kier molecular flexibility index (Phi) is 11.5. The Balaban J connectivity index is 1.24. The number of phenols is 2. The summed E-state index contributed by atoms with van der Waals surface area (Å²) in [4.78, 5) is 76.5. The molecule has 0 aromatic heterocycles. The van der Waals surface area contributed by atoms with E-state index in [1.807, 2.05) is 0 Å². The molecule has 2 aliphatic carbocycles. The highest BCUT2D eigenvalue weighted by molar-refractivity contribution is 6.30. The van der Waals surface area contributed by atoms with Crippen LogP contribution in [0.5, 0.6) is 11.5 Å². The predicted molar refractivity (Wildman–Crippen MR) is 205 cm³/mol. The molecule has 7 rings (SSSR count). The second kappa shape index (κ2) is 16.5. The Morgan fingerprint density at radius 3 is 2.13 bits per heavy atom. The zero-order valence-corrected chi connectivity index (χ0v) is 32.5. The summed E-state index contributed by atoms with van der Waals surface area (Å²) in [5.41, 5.74) is -4.33.